The summed E-state index contributed by atoms with van der Waals surface area (Å²) in [5, 5.41) is 2.86. The quantitative estimate of drug-likeness (QED) is 0.402. The maximum atomic E-state index is 12.6. The van der Waals surface area contributed by atoms with Gasteiger partial charge >= 0.3 is 5.97 Å². The van der Waals surface area contributed by atoms with Crippen molar-refractivity contribution in [3.05, 3.63) is 75.7 Å². The monoisotopic (exact) mass is 411 g/mol. The first-order valence-electron chi connectivity index (χ1n) is 9.00. The minimum Gasteiger partial charge on any atom is -0.497 e. The summed E-state index contributed by atoms with van der Waals surface area (Å²) in [7, 11) is 1.55. The minimum atomic E-state index is -0.940. The van der Waals surface area contributed by atoms with Crippen LogP contribution in [-0.2, 0) is 11.3 Å². The molecule has 150 valence electrons. The molecule has 0 fully saturated rings. The van der Waals surface area contributed by atoms with Gasteiger partial charge in [0.25, 0.3) is 0 Å². The van der Waals surface area contributed by atoms with Crippen LogP contribution in [0.2, 0.25) is 0 Å². The van der Waals surface area contributed by atoms with E-state index in [0.717, 1.165) is 10.7 Å². The zero-order chi connectivity index (χ0) is 20.8. The lowest BCUT2D eigenvalue weighted by atomic mass is 10.1. The molecule has 0 aliphatic carbocycles. The number of ether oxygens (including phenoxy) is 3. The van der Waals surface area contributed by atoms with Gasteiger partial charge in [0.1, 0.15) is 23.7 Å². The van der Waals surface area contributed by atoms with E-state index in [1.54, 1.807) is 62.6 Å². The van der Waals surface area contributed by atoms with Crippen LogP contribution < -0.4 is 9.47 Å². The molecule has 0 aliphatic rings. The molecule has 0 saturated carbocycles. The molecule has 1 aromatic heterocycles. The Labute approximate surface area is 173 Å². The highest BCUT2D eigenvalue weighted by Crippen LogP contribution is 2.22. The fourth-order valence-electron chi connectivity index (χ4n) is 2.65. The third kappa shape index (κ3) is 5.20. The van der Waals surface area contributed by atoms with Crippen LogP contribution in [0.1, 0.15) is 38.3 Å². The maximum Gasteiger partial charge on any atom is 0.342 e. The summed E-state index contributed by atoms with van der Waals surface area (Å²) in [6, 6.07) is 13.4. The number of methoxy groups -OCH3 is 1. The second-order valence-corrected chi connectivity index (χ2v) is 7.35. The number of carbonyl (C=O) groups excluding carboxylic acids is 2. The number of carbonyl (C=O) groups is 2. The topological polar surface area (TPSA) is 74.7 Å². The van der Waals surface area contributed by atoms with Crippen LogP contribution in [0.25, 0.3) is 0 Å². The molecular weight excluding hydrogens is 390 g/mol. The van der Waals surface area contributed by atoms with Crippen LogP contribution in [-0.4, -0.2) is 30.0 Å². The van der Waals surface area contributed by atoms with Crippen molar-refractivity contribution in [2.75, 3.05) is 7.11 Å². The van der Waals surface area contributed by atoms with Gasteiger partial charge in [-0.3, -0.25) is 4.79 Å². The van der Waals surface area contributed by atoms with Crippen LogP contribution in [0, 0.1) is 6.92 Å². The normalized spacial score (nSPS) is 11.6. The van der Waals surface area contributed by atoms with Gasteiger partial charge < -0.3 is 14.2 Å². The molecule has 1 heterocycles. The van der Waals surface area contributed by atoms with Crippen molar-refractivity contribution in [3.8, 4) is 11.5 Å². The molecule has 0 saturated heterocycles. The Balaban J connectivity index is 1.67. The number of benzene rings is 2. The lowest BCUT2D eigenvalue weighted by Crippen LogP contribution is -2.24. The molecule has 2 aromatic carbocycles. The molecule has 0 spiro atoms. The van der Waals surface area contributed by atoms with Crippen molar-refractivity contribution in [1.82, 2.24) is 4.98 Å². The standard InChI is InChI=1S/C22H21NO5S/c1-14(21(24)16-8-10-18(26-3)11-9-16)28-22(25)19-6-4-5-7-20(19)27-12-17-13-29-15(2)23-17/h4-11,13-14H,12H2,1-3H3/t14-/m0/s1. The fraction of sp³-hybridized carbons (Fsp3) is 0.227. The predicted molar refractivity (Wildman–Crippen MR) is 110 cm³/mol. The molecule has 0 radical (unpaired) electrons. The highest BCUT2D eigenvalue weighted by Gasteiger charge is 2.22. The Morgan fingerprint density at radius 2 is 1.83 bits per heavy atom. The molecule has 6 nitrogen and oxygen atoms in total. The van der Waals surface area contributed by atoms with E-state index in [0.29, 0.717) is 17.1 Å². The van der Waals surface area contributed by atoms with E-state index in [1.165, 1.54) is 11.3 Å². The first-order chi connectivity index (χ1) is 14.0. The van der Waals surface area contributed by atoms with Gasteiger partial charge in [0.2, 0.25) is 5.78 Å². The Bertz CT molecular complexity index is 996. The second kappa shape index (κ2) is 9.34. The van der Waals surface area contributed by atoms with Gasteiger partial charge in [0.15, 0.2) is 6.10 Å². The number of rotatable bonds is 8. The number of hydrogen-bond donors (Lipinski definition) is 0. The van der Waals surface area contributed by atoms with Gasteiger partial charge in [-0.15, -0.1) is 11.3 Å². The lowest BCUT2D eigenvalue weighted by Gasteiger charge is -2.15. The minimum absolute atomic E-state index is 0.245. The average molecular weight is 411 g/mol. The van der Waals surface area contributed by atoms with Gasteiger partial charge in [0.05, 0.1) is 17.8 Å². The number of hydrogen-bond acceptors (Lipinski definition) is 7. The van der Waals surface area contributed by atoms with E-state index in [4.69, 9.17) is 14.2 Å². The number of para-hydroxylation sites is 1. The highest BCUT2D eigenvalue weighted by atomic mass is 32.1. The summed E-state index contributed by atoms with van der Waals surface area (Å²) in [5.74, 6) is 0.113. The van der Waals surface area contributed by atoms with Crippen molar-refractivity contribution >= 4 is 23.1 Å². The van der Waals surface area contributed by atoms with E-state index >= 15 is 0 Å². The molecule has 0 bridgehead atoms. The third-order valence-electron chi connectivity index (χ3n) is 4.18. The zero-order valence-electron chi connectivity index (χ0n) is 16.4. The van der Waals surface area contributed by atoms with Crippen LogP contribution in [0.3, 0.4) is 0 Å². The van der Waals surface area contributed by atoms with E-state index in [1.807, 2.05) is 12.3 Å². The smallest absolute Gasteiger partial charge is 0.342 e. The number of nitrogens with zero attached hydrogens (tertiary/aromatic N) is 1. The molecule has 1 atom stereocenters. The number of ketones is 1. The highest BCUT2D eigenvalue weighted by molar-refractivity contribution is 7.09. The van der Waals surface area contributed by atoms with E-state index < -0.39 is 12.1 Å². The van der Waals surface area contributed by atoms with Crippen molar-refractivity contribution < 1.29 is 23.8 Å². The second-order valence-electron chi connectivity index (χ2n) is 6.28. The molecule has 29 heavy (non-hydrogen) atoms. The largest absolute Gasteiger partial charge is 0.497 e. The van der Waals surface area contributed by atoms with Crippen LogP contribution in [0.5, 0.6) is 11.5 Å². The van der Waals surface area contributed by atoms with Gasteiger partial charge in [-0.05, 0) is 50.2 Å². The SMILES string of the molecule is COc1ccc(C(=O)[C@H](C)OC(=O)c2ccccc2OCc2csc(C)n2)cc1. The molecule has 3 aromatic rings. The Morgan fingerprint density at radius 3 is 2.48 bits per heavy atom. The van der Waals surface area contributed by atoms with Crippen molar-refractivity contribution in [3.63, 3.8) is 0 Å². The van der Waals surface area contributed by atoms with E-state index in [9.17, 15) is 9.59 Å². The van der Waals surface area contributed by atoms with Crippen LogP contribution in [0.4, 0.5) is 0 Å². The average Bonchev–Trinajstić information content (AvgIpc) is 3.17. The van der Waals surface area contributed by atoms with Crippen LogP contribution in [0.15, 0.2) is 53.9 Å². The van der Waals surface area contributed by atoms with Gasteiger partial charge in [-0.2, -0.15) is 0 Å². The number of Topliss-reactive ketones (excluding diaryl/α,β-unsaturated/α-hetero) is 1. The molecule has 0 N–H and O–H groups in total. The molecule has 0 unspecified atom stereocenters. The van der Waals surface area contributed by atoms with Crippen molar-refractivity contribution in [2.24, 2.45) is 0 Å². The summed E-state index contributed by atoms with van der Waals surface area (Å²) in [6.07, 6.45) is -0.940. The lowest BCUT2D eigenvalue weighted by molar-refractivity contribution is 0.0314. The number of aromatic nitrogens is 1. The summed E-state index contributed by atoms with van der Waals surface area (Å²) in [5.41, 5.74) is 1.49. The first-order valence-corrected chi connectivity index (χ1v) is 9.88. The van der Waals surface area contributed by atoms with E-state index in [-0.39, 0.29) is 18.0 Å². The van der Waals surface area contributed by atoms with Gasteiger partial charge in [0, 0.05) is 10.9 Å². The summed E-state index contributed by atoms with van der Waals surface area (Å²) < 4.78 is 16.2. The first kappa shape index (κ1) is 20.5. The van der Waals surface area contributed by atoms with Crippen molar-refractivity contribution in [2.45, 2.75) is 26.6 Å². The molecule has 7 heteroatoms. The molecule has 3 rings (SSSR count). The van der Waals surface area contributed by atoms with Crippen LogP contribution >= 0.6 is 11.3 Å². The third-order valence-corrected chi connectivity index (χ3v) is 5.00. The zero-order valence-corrected chi connectivity index (χ0v) is 17.2. The number of thiazole rings is 1. The summed E-state index contributed by atoms with van der Waals surface area (Å²) in [6.45, 7) is 3.71. The Kier molecular flexibility index (Phi) is 6.61. The van der Waals surface area contributed by atoms with E-state index in [2.05, 4.69) is 4.98 Å². The number of esters is 1. The number of aryl methyl sites for hydroxylation is 1. The summed E-state index contributed by atoms with van der Waals surface area (Å²) in [4.78, 5) is 29.5. The molecule has 0 aliphatic heterocycles. The fourth-order valence-corrected chi connectivity index (χ4v) is 3.25. The predicted octanol–water partition coefficient (Wildman–Crippen LogP) is 4.47. The Hall–Kier alpha value is -3.19. The maximum absolute atomic E-state index is 12.6. The molecule has 0 amide bonds. The molecular formula is C22H21NO5S. The van der Waals surface area contributed by atoms with Gasteiger partial charge in [-0.1, -0.05) is 12.1 Å². The summed E-state index contributed by atoms with van der Waals surface area (Å²) >= 11 is 1.53. The van der Waals surface area contributed by atoms with Gasteiger partial charge in [-0.25, -0.2) is 9.78 Å². The Morgan fingerprint density at radius 1 is 1.10 bits per heavy atom. The van der Waals surface area contributed by atoms with Crippen molar-refractivity contribution in [1.29, 1.82) is 0 Å².